The number of rotatable bonds is 3. The minimum Gasteiger partial charge on any atom is -0.465 e. The maximum atomic E-state index is 11.4. The first kappa shape index (κ1) is 14.5. The van der Waals surface area contributed by atoms with E-state index in [0.717, 1.165) is 35.4 Å². The molecule has 0 atom stereocenters. The van der Waals surface area contributed by atoms with Crippen molar-refractivity contribution in [3.05, 3.63) is 51.4 Å². The van der Waals surface area contributed by atoms with Crippen LogP contribution in [0.3, 0.4) is 0 Å². The fraction of sp³-hybridized carbons (Fsp3) is 0.235. The second-order valence-corrected chi connectivity index (χ2v) is 6.10. The molecule has 22 heavy (non-hydrogen) atoms. The molecule has 1 heterocycles. The minimum atomic E-state index is -0.357. The highest BCUT2D eigenvalue weighted by Crippen LogP contribution is 2.40. The number of benzene rings is 1. The SMILES string of the molecule is COC(=O)c1ccc(/C=N/c2sc3c(c2C#N)CCC3)cc1. The van der Waals surface area contributed by atoms with E-state index in [-0.39, 0.29) is 5.97 Å². The van der Waals surface area contributed by atoms with E-state index in [9.17, 15) is 10.1 Å². The van der Waals surface area contributed by atoms with Crippen molar-refractivity contribution in [2.24, 2.45) is 4.99 Å². The first-order valence-electron chi connectivity index (χ1n) is 7.00. The van der Waals surface area contributed by atoms with Crippen LogP contribution in [-0.2, 0) is 17.6 Å². The van der Waals surface area contributed by atoms with E-state index in [4.69, 9.17) is 0 Å². The number of hydrogen-bond donors (Lipinski definition) is 0. The van der Waals surface area contributed by atoms with Crippen LogP contribution in [0, 0.1) is 11.3 Å². The summed E-state index contributed by atoms with van der Waals surface area (Å²) in [5, 5.41) is 10.1. The zero-order valence-electron chi connectivity index (χ0n) is 12.1. The van der Waals surface area contributed by atoms with Crippen molar-refractivity contribution in [2.45, 2.75) is 19.3 Å². The number of carbonyl (C=O) groups excluding carboxylic acids is 1. The molecule has 0 radical (unpaired) electrons. The summed E-state index contributed by atoms with van der Waals surface area (Å²) in [5.74, 6) is -0.357. The number of nitrogens with zero attached hydrogens (tertiary/aromatic N) is 2. The Kier molecular flexibility index (Phi) is 4.03. The molecule has 1 aromatic carbocycles. The lowest BCUT2D eigenvalue weighted by molar-refractivity contribution is 0.0600. The van der Waals surface area contributed by atoms with Gasteiger partial charge < -0.3 is 4.74 Å². The number of carbonyl (C=O) groups is 1. The summed E-state index contributed by atoms with van der Waals surface area (Å²) in [4.78, 5) is 17.1. The average Bonchev–Trinajstić information content (AvgIpc) is 3.13. The number of ether oxygens (including phenoxy) is 1. The summed E-state index contributed by atoms with van der Waals surface area (Å²) < 4.78 is 4.66. The molecule has 1 aliphatic carbocycles. The Hall–Kier alpha value is -2.45. The fourth-order valence-electron chi connectivity index (χ4n) is 2.55. The molecular formula is C17H14N2O2S. The normalized spacial score (nSPS) is 13.1. The van der Waals surface area contributed by atoms with Gasteiger partial charge in [0.15, 0.2) is 0 Å². The number of methoxy groups -OCH3 is 1. The standard InChI is InChI=1S/C17H14N2O2S/c1-21-17(20)12-7-5-11(6-8-12)10-19-16-14(9-18)13-3-2-4-15(13)22-16/h5-8,10H,2-4H2,1H3/b19-10+. The van der Waals surface area contributed by atoms with Gasteiger partial charge in [0.2, 0.25) is 0 Å². The van der Waals surface area contributed by atoms with Crippen molar-refractivity contribution in [2.75, 3.05) is 7.11 Å². The van der Waals surface area contributed by atoms with E-state index < -0.39 is 0 Å². The first-order valence-corrected chi connectivity index (χ1v) is 7.81. The Morgan fingerprint density at radius 3 is 2.82 bits per heavy atom. The van der Waals surface area contributed by atoms with Crippen LogP contribution in [0.15, 0.2) is 29.3 Å². The molecule has 0 amide bonds. The van der Waals surface area contributed by atoms with Gasteiger partial charge in [-0.25, -0.2) is 9.79 Å². The molecule has 0 bridgehead atoms. The van der Waals surface area contributed by atoms with Gasteiger partial charge in [0.05, 0.1) is 18.2 Å². The Balaban J connectivity index is 1.83. The highest BCUT2D eigenvalue weighted by molar-refractivity contribution is 7.16. The Labute approximate surface area is 132 Å². The van der Waals surface area contributed by atoms with Crippen LogP contribution in [0.25, 0.3) is 0 Å². The summed E-state index contributed by atoms with van der Waals surface area (Å²) in [6.07, 6.45) is 4.90. The summed E-state index contributed by atoms with van der Waals surface area (Å²) in [7, 11) is 1.36. The molecule has 5 heteroatoms. The number of hydrogen-bond acceptors (Lipinski definition) is 5. The molecule has 0 saturated heterocycles. The van der Waals surface area contributed by atoms with E-state index in [1.807, 2.05) is 12.1 Å². The molecule has 0 spiro atoms. The monoisotopic (exact) mass is 310 g/mol. The third kappa shape index (κ3) is 2.66. The Morgan fingerprint density at radius 1 is 1.36 bits per heavy atom. The summed E-state index contributed by atoms with van der Waals surface area (Å²) >= 11 is 1.61. The molecule has 0 fully saturated rings. The van der Waals surface area contributed by atoms with Crippen LogP contribution >= 0.6 is 11.3 Å². The second kappa shape index (κ2) is 6.12. The number of aliphatic imine (C=N–C) groups is 1. The number of thiophene rings is 1. The molecule has 1 aliphatic rings. The summed E-state index contributed by atoms with van der Waals surface area (Å²) in [5.41, 5.74) is 3.29. The van der Waals surface area contributed by atoms with Gasteiger partial charge >= 0.3 is 5.97 Å². The second-order valence-electron chi connectivity index (χ2n) is 5.02. The van der Waals surface area contributed by atoms with Crippen LogP contribution in [0.2, 0.25) is 0 Å². The quantitative estimate of drug-likeness (QED) is 0.642. The maximum Gasteiger partial charge on any atom is 0.337 e. The Morgan fingerprint density at radius 2 is 2.14 bits per heavy atom. The number of fused-ring (bicyclic) bond motifs is 1. The van der Waals surface area contributed by atoms with Gasteiger partial charge in [-0.15, -0.1) is 11.3 Å². The predicted molar refractivity (Wildman–Crippen MR) is 86.1 cm³/mol. The van der Waals surface area contributed by atoms with Crippen LogP contribution in [0.1, 0.15) is 38.3 Å². The van der Waals surface area contributed by atoms with E-state index in [0.29, 0.717) is 5.56 Å². The third-order valence-electron chi connectivity index (χ3n) is 3.68. The molecule has 3 rings (SSSR count). The fourth-order valence-corrected chi connectivity index (χ4v) is 3.74. The topological polar surface area (TPSA) is 62.4 Å². The maximum absolute atomic E-state index is 11.4. The Bertz CT molecular complexity index is 782. The van der Waals surface area contributed by atoms with Gasteiger partial charge in [-0.1, -0.05) is 12.1 Å². The van der Waals surface area contributed by atoms with Crippen LogP contribution in [0.4, 0.5) is 5.00 Å². The van der Waals surface area contributed by atoms with Gasteiger partial charge in [-0.3, -0.25) is 0 Å². The van der Waals surface area contributed by atoms with Gasteiger partial charge in [0.25, 0.3) is 0 Å². The average molecular weight is 310 g/mol. The zero-order valence-corrected chi connectivity index (χ0v) is 12.9. The molecule has 0 saturated carbocycles. The van der Waals surface area contributed by atoms with Gasteiger partial charge in [0.1, 0.15) is 11.1 Å². The van der Waals surface area contributed by atoms with Crippen LogP contribution in [0.5, 0.6) is 0 Å². The summed E-state index contributed by atoms with van der Waals surface area (Å²) in [6.45, 7) is 0. The number of esters is 1. The molecule has 110 valence electrons. The van der Waals surface area contributed by atoms with Gasteiger partial charge in [-0.2, -0.15) is 5.26 Å². The lowest BCUT2D eigenvalue weighted by Gasteiger charge is -1.99. The number of aryl methyl sites for hydroxylation is 1. The molecule has 0 N–H and O–H groups in total. The largest absolute Gasteiger partial charge is 0.465 e. The molecule has 0 unspecified atom stereocenters. The molecule has 1 aromatic heterocycles. The third-order valence-corrected chi connectivity index (χ3v) is 4.88. The highest BCUT2D eigenvalue weighted by atomic mass is 32.1. The molecule has 4 nitrogen and oxygen atoms in total. The van der Waals surface area contributed by atoms with Crippen molar-refractivity contribution >= 4 is 28.5 Å². The van der Waals surface area contributed by atoms with Crippen LogP contribution < -0.4 is 0 Å². The number of nitriles is 1. The highest BCUT2D eigenvalue weighted by Gasteiger charge is 2.21. The van der Waals surface area contributed by atoms with Crippen molar-refractivity contribution in [1.82, 2.24) is 0 Å². The van der Waals surface area contributed by atoms with E-state index in [2.05, 4.69) is 15.8 Å². The first-order chi connectivity index (χ1) is 10.7. The smallest absolute Gasteiger partial charge is 0.337 e. The minimum absolute atomic E-state index is 0.357. The van der Waals surface area contributed by atoms with E-state index in [1.165, 1.54) is 17.6 Å². The summed E-state index contributed by atoms with van der Waals surface area (Å²) in [6, 6.07) is 9.30. The van der Waals surface area contributed by atoms with Crippen molar-refractivity contribution in [1.29, 1.82) is 5.26 Å². The zero-order chi connectivity index (χ0) is 15.5. The molecule has 0 aliphatic heterocycles. The van der Waals surface area contributed by atoms with Gasteiger partial charge in [-0.05, 0) is 42.5 Å². The molecular weight excluding hydrogens is 296 g/mol. The van der Waals surface area contributed by atoms with Gasteiger partial charge in [0, 0.05) is 11.1 Å². The van der Waals surface area contributed by atoms with Crippen molar-refractivity contribution < 1.29 is 9.53 Å². The van der Waals surface area contributed by atoms with Crippen molar-refractivity contribution in [3.63, 3.8) is 0 Å². The lowest BCUT2D eigenvalue weighted by atomic mass is 10.1. The predicted octanol–water partition coefficient (Wildman–Crippen LogP) is 3.65. The van der Waals surface area contributed by atoms with E-state index in [1.54, 1.807) is 29.7 Å². The van der Waals surface area contributed by atoms with Crippen LogP contribution in [-0.4, -0.2) is 19.3 Å². The van der Waals surface area contributed by atoms with E-state index >= 15 is 0 Å². The molecule has 2 aromatic rings. The lowest BCUT2D eigenvalue weighted by Crippen LogP contribution is -2.00. The van der Waals surface area contributed by atoms with Crippen molar-refractivity contribution in [3.8, 4) is 6.07 Å².